The van der Waals surface area contributed by atoms with E-state index in [1.54, 1.807) is 0 Å². The van der Waals surface area contributed by atoms with Crippen molar-refractivity contribution in [2.45, 2.75) is 0 Å². The van der Waals surface area contributed by atoms with Gasteiger partial charge in [-0.1, -0.05) is 11.6 Å². The molecule has 0 aliphatic heterocycles. The molecule has 0 bridgehead atoms. The van der Waals surface area contributed by atoms with Gasteiger partial charge in [-0.05, 0) is 6.07 Å². The molecule has 1 rings (SSSR count). The third kappa shape index (κ3) is 1.75. The Balaban J connectivity index is 3.43. The summed E-state index contributed by atoms with van der Waals surface area (Å²) in [5.41, 5.74) is -1.04. The molecule has 0 aromatic carbocycles. The molecule has 0 aliphatic rings. The summed E-state index contributed by atoms with van der Waals surface area (Å²) in [6.45, 7) is 0. The number of pyridine rings is 1. The maximum absolute atomic E-state index is 10.6. The van der Waals surface area contributed by atoms with Crippen LogP contribution in [0.15, 0.2) is 12.3 Å². The number of hydrogen-bond donors (Lipinski definition) is 2. The van der Waals surface area contributed by atoms with Crippen LogP contribution in [0, 0.1) is 0 Å². The SMILES string of the molecule is O=C(O)c1nccc(Cl)c1C(=O)O. The highest BCUT2D eigenvalue weighted by Crippen LogP contribution is 2.17. The molecule has 0 unspecified atom stereocenters. The Morgan fingerprint density at radius 3 is 2.31 bits per heavy atom. The smallest absolute Gasteiger partial charge is 0.355 e. The number of nitrogens with zero attached hydrogens (tertiary/aromatic N) is 1. The molecule has 1 aromatic rings. The Bertz CT molecular complexity index is 377. The van der Waals surface area contributed by atoms with Crippen molar-refractivity contribution in [3.8, 4) is 0 Å². The normalized spacial score (nSPS) is 9.62. The Morgan fingerprint density at radius 1 is 1.31 bits per heavy atom. The quantitative estimate of drug-likeness (QED) is 0.749. The third-order valence-corrected chi connectivity index (χ3v) is 1.63. The first kappa shape index (κ1) is 9.47. The number of carbonyl (C=O) groups is 2. The molecule has 0 fully saturated rings. The molecule has 0 radical (unpaired) electrons. The summed E-state index contributed by atoms with van der Waals surface area (Å²) in [6, 6.07) is 1.22. The Kier molecular flexibility index (Phi) is 2.48. The maximum Gasteiger partial charge on any atom is 0.355 e. The summed E-state index contributed by atoms with van der Waals surface area (Å²) < 4.78 is 0. The largest absolute Gasteiger partial charge is 0.478 e. The predicted molar refractivity (Wildman–Crippen MR) is 43.2 cm³/mol. The molecule has 1 aromatic heterocycles. The predicted octanol–water partition coefficient (Wildman–Crippen LogP) is 1.13. The topological polar surface area (TPSA) is 87.5 Å². The first-order valence-corrected chi connectivity index (χ1v) is 3.53. The minimum atomic E-state index is -1.42. The zero-order valence-corrected chi connectivity index (χ0v) is 6.95. The van der Waals surface area contributed by atoms with Crippen LogP contribution >= 0.6 is 11.6 Å². The highest BCUT2D eigenvalue weighted by atomic mass is 35.5. The van der Waals surface area contributed by atoms with Crippen LogP contribution in [0.5, 0.6) is 0 Å². The third-order valence-electron chi connectivity index (χ3n) is 1.32. The van der Waals surface area contributed by atoms with Gasteiger partial charge in [-0.2, -0.15) is 0 Å². The average Bonchev–Trinajstić information content (AvgIpc) is 2.02. The molecule has 0 aliphatic carbocycles. The van der Waals surface area contributed by atoms with Crippen molar-refractivity contribution in [2.75, 3.05) is 0 Å². The molecule has 0 saturated carbocycles. The Labute approximate surface area is 77.6 Å². The van der Waals surface area contributed by atoms with Crippen LogP contribution in [0.25, 0.3) is 0 Å². The highest BCUT2D eigenvalue weighted by molar-refractivity contribution is 6.34. The first-order chi connectivity index (χ1) is 6.04. The van der Waals surface area contributed by atoms with E-state index in [0.29, 0.717) is 0 Å². The zero-order valence-electron chi connectivity index (χ0n) is 6.19. The van der Waals surface area contributed by atoms with Crippen LogP contribution in [0.2, 0.25) is 5.02 Å². The second kappa shape index (κ2) is 3.40. The Morgan fingerprint density at radius 2 is 1.92 bits per heavy atom. The summed E-state index contributed by atoms with van der Waals surface area (Å²) in [5.74, 6) is -2.82. The number of aromatic nitrogens is 1. The van der Waals surface area contributed by atoms with Crippen LogP contribution in [-0.2, 0) is 0 Å². The average molecular weight is 202 g/mol. The lowest BCUT2D eigenvalue weighted by molar-refractivity contribution is 0.0646. The molecule has 0 amide bonds. The highest BCUT2D eigenvalue weighted by Gasteiger charge is 2.20. The van der Waals surface area contributed by atoms with Gasteiger partial charge in [0.2, 0.25) is 0 Å². The molecule has 6 heteroatoms. The van der Waals surface area contributed by atoms with Crippen molar-refractivity contribution in [1.82, 2.24) is 4.98 Å². The molecular formula is C7H4ClNO4. The molecule has 2 N–H and O–H groups in total. The lowest BCUT2D eigenvalue weighted by Gasteiger charge is -2.00. The monoisotopic (exact) mass is 201 g/mol. The fourth-order valence-electron chi connectivity index (χ4n) is 0.804. The van der Waals surface area contributed by atoms with Crippen molar-refractivity contribution in [1.29, 1.82) is 0 Å². The standard InChI is InChI=1S/C7H4ClNO4/c8-3-1-2-9-5(7(12)13)4(3)6(10)11/h1-2H,(H,10,11)(H,12,13). The van der Waals surface area contributed by atoms with Crippen molar-refractivity contribution in [3.63, 3.8) is 0 Å². The van der Waals surface area contributed by atoms with Gasteiger partial charge >= 0.3 is 11.9 Å². The van der Waals surface area contributed by atoms with Gasteiger partial charge in [0.25, 0.3) is 0 Å². The molecular weight excluding hydrogens is 198 g/mol. The van der Waals surface area contributed by atoms with Crippen molar-refractivity contribution in [3.05, 3.63) is 28.5 Å². The lowest BCUT2D eigenvalue weighted by atomic mass is 10.2. The van der Waals surface area contributed by atoms with Gasteiger partial charge < -0.3 is 10.2 Å². The summed E-state index contributed by atoms with van der Waals surface area (Å²) in [6.07, 6.45) is 1.14. The van der Waals surface area contributed by atoms with Crippen LogP contribution in [-0.4, -0.2) is 27.1 Å². The van der Waals surface area contributed by atoms with E-state index in [0.717, 1.165) is 6.20 Å². The molecule has 0 spiro atoms. The van der Waals surface area contributed by atoms with Gasteiger partial charge in [0.05, 0.1) is 5.02 Å². The first-order valence-electron chi connectivity index (χ1n) is 3.15. The summed E-state index contributed by atoms with van der Waals surface area (Å²) in [7, 11) is 0. The van der Waals surface area contributed by atoms with E-state index in [-0.39, 0.29) is 5.02 Å². The molecule has 0 saturated heterocycles. The van der Waals surface area contributed by atoms with E-state index < -0.39 is 23.2 Å². The van der Waals surface area contributed by atoms with Gasteiger partial charge in [0, 0.05) is 6.20 Å². The van der Waals surface area contributed by atoms with Gasteiger partial charge in [-0.3, -0.25) is 0 Å². The molecule has 5 nitrogen and oxygen atoms in total. The molecule has 68 valence electrons. The van der Waals surface area contributed by atoms with E-state index in [9.17, 15) is 9.59 Å². The number of rotatable bonds is 2. The van der Waals surface area contributed by atoms with Crippen molar-refractivity contribution in [2.24, 2.45) is 0 Å². The van der Waals surface area contributed by atoms with E-state index in [1.165, 1.54) is 6.07 Å². The number of halogens is 1. The van der Waals surface area contributed by atoms with Gasteiger partial charge in [-0.25, -0.2) is 14.6 Å². The van der Waals surface area contributed by atoms with E-state index >= 15 is 0 Å². The van der Waals surface area contributed by atoms with Gasteiger partial charge in [0.15, 0.2) is 5.69 Å². The number of aromatic carboxylic acids is 2. The van der Waals surface area contributed by atoms with E-state index in [1.807, 2.05) is 0 Å². The van der Waals surface area contributed by atoms with Gasteiger partial charge in [0.1, 0.15) is 5.56 Å². The van der Waals surface area contributed by atoms with Crippen molar-refractivity contribution < 1.29 is 19.8 Å². The molecule has 1 heterocycles. The maximum atomic E-state index is 10.6. The molecule has 0 atom stereocenters. The van der Waals surface area contributed by atoms with Gasteiger partial charge in [-0.15, -0.1) is 0 Å². The number of carboxylic acids is 2. The lowest BCUT2D eigenvalue weighted by Crippen LogP contribution is -2.10. The summed E-state index contributed by atoms with van der Waals surface area (Å²) >= 11 is 5.48. The second-order valence-electron chi connectivity index (χ2n) is 2.13. The van der Waals surface area contributed by atoms with E-state index in [4.69, 9.17) is 21.8 Å². The van der Waals surface area contributed by atoms with Crippen LogP contribution in [0.3, 0.4) is 0 Å². The number of carboxylic acid groups (broad SMARTS) is 2. The minimum Gasteiger partial charge on any atom is -0.478 e. The van der Waals surface area contributed by atoms with Crippen LogP contribution in [0.4, 0.5) is 0 Å². The summed E-state index contributed by atoms with van der Waals surface area (Å²) in [4.78, 5) is 24.4. The number of hydrogen-bond acceptors (Lipinski definition) is 3. The fourth-order valence-corrected chi connectivity index (χ4v) is 1.03. The zero-order chi connectivity index (χ0) is 10.0. The summed E-state index contributed by atoms with van der Waals surface area (Å²) in [5, 5.41) is 17.0. The van der Waals surface area contributed by atoms with E-state index in [2.05, 4.69) is 4.98 Å². The minimum absolute atomic E-state index is 0.139. The van der Waals surface area contributed by atoms with Crippen molar-refractivity contribution >= 4 is 23.5 Å². The van der Waals surface area contributed by atoms with Crippen LogP contribution < -0.4 is 0 Å². The Hall–Kier alpha value is -1.62. The second-order valence-corrected chi connectivity index (χ2v) is 2.53. The fraction of sp³-hybridized carbons (Fsp3) is 0. The van der Waals surface area contributed by atoms with Crippen LogP contribution in [0.1, 0.15) is 20.8 Å². The molecule has 13 heavy (non-hydrogen) atoms.